The first-order valence-electron chi connectivity index (χ1n) is 6.77. The second-order valence-electron chi connectivity index (χ2n) is 4.82. The van der Waals surface area contributed by atoms with Gasteiger partial charge >= 0.3 is 22.1 Å². The van der Waals surface area contributed by atoms with Gasteiger partial charge in [0.1, 0.15) is 12.3 Å². The second-order valence-corrected chi connectivity index (χ2v) is 5.26. The van der Waals surface area contributed by atoms with Crippen molar-refractivity contribution in [3.63, 3.8) is 0 Å². The van der Waals surface area contributed by atoms with E-state index < -0.39 is 18.4 Å². The van der Waals surface area contributed by atoms with E-state index in [9.17, 15) is 9.59 Å². The minimum absolute atomic E-state index is 0.0468. The number of carbonyl (C=O) groups excluding carboxylic acids is 2. The van der Waals surface area contributed by atoms with Crippen LogP contribution in [0.3, 0.4) is 0 Å². The first-order valence-corrected chi connectivity index (χ1v) is 7.15. The molecule has 118 valence electrons. The third-order valence-corrected chi connectivity index (χ3v) is 3.47. The molecule has 24 heavy (non-hydrogen) atoms. The molecule has 0 bridgehead atoms. The maximum atomic E-state index is 12.0. The van der Waals surface area contributed by atoms with Crippen molar-refractivity contribution in [2.45, 2.75) is 6.92 Å². The maximum Gasteiger partial charge on any atom is 0.378 e. The molecule has 0 aliphatic rings. The molecule has 1 N–H and O–H groups in total. The van der Waals surface area contributed by atoms with Crippen LogP contribution >= 0.6 is 11.6 Å². The van der Waals surface area contributed by atoms with Crippen molar-refractivity contribution >= 4 is 39.6 Å². The van der Waals surface area contributed by atoms with Crippen molar-refractivity contribution in [3.05, 3.63) is 46.7 Å². The van der Waals surface area contributed by atoms with Gasteiger partial charge in [-0.25, -0.2) is 4.98 Å². The first-order chi connectivity index (χ1) is 11.5. The van der Waals surface area contributed by atoms with Gasteiger partial charge < -0.3 is 14.6 Å². The van der Waals surface area contributed by atoms with Crippen molar-refractivity contribution in [1.29, 1.82) is 0 Å². The lowest BCUT2D eigenvalue weighted by atomic mass is 10.0. The summed E-state index contributed by atoms with van der Waals surface area (Å²) in [5.74, 6) is -1.41. The molecule has 1 aromatic carbocycles. The summed E-state index contributed by atoms with van der Waals surface area (Å²) in [5, 5.41) is 2.85. The fourth-order valence-electron chi connectivity index (χ4n) is 2.04. The van der Waals surface area contributed by atoms with Crippen LogP contribution in [-0.2, 0) is 9.45 Å². The van der Waals surface area contributed by atoms with Crippen LogP contribution in [0.15, 0.2) is 30.5 Å². The summed E-state index contributed by atoms with van der Waals surface area (Å²) in [4.78, 5) is 27.1. The molecule has 1 aromatic heterocycles. The van der Waals surface area contributed by atoms with Crippen LogP contribution in [0.4, 0.5) is 0 Å². The minimum Gasteiger partial charge on any atom is -0.566 e. The van der Waals surface area contributed by atoms with E-state index in [-0.39, 0.29) is 11.4 Å². The van der Waals surface area contributed by atoms with Crippen LogP contribution in [0.2, 0.25) is 5.02 Å². The van der Waals surface area contributed by atoms with Crippen molar-refractivity contribution in [2.24, 2.45) is 0 Å². The number of carbonyl (C=O) groups is 2. The molecule has 1 heterocycles. The number of nitrogens with one attached hydrogen (secondary N) is 1. The Bertz CT molecular complexity index is 786. The molecule has 9 heteroatoms. The summed E-state index contributed by atoms with van der Waals surface area (Å²) in [7, 11) is 9.92. The Morgan fingerprint density at radius 1 is 1.29 bits per heavy atom. The van der Waals surface area contributed by atoms with Gasteiger partial charge in [0.15, 0.2) is 5.69 Å². The van der Waals surface area contributed by atoms with E-state index in [2.05, 4.69) is 15.0 Å². The molecular weight excluding hydrogens is 329 g/mol. The zero-order valence-electron chi connectivity index (χ0n) is 12.7. The molecule has 0 unspecified atom stereocenters. The van der Waals surface area contributed by atoms with Gasteiger partial charge in [0.25, 0.3) is 5.91 Å². The monoisotopic (exact) mass is 340 g/mol. The predicted molar refractivity (Wildman–Crippen MR) is 90.0 cm³/mol. The number of hydrogen-bond acceptors (Lipinski definition) is 5. The highest BCUT2D eigenvalue weighted by Crippen LogP contribution is 2.29. The molecule has 1 amide bonds. The number of nitrogens with zero attached hydrogens (tertiary/aromatic N) is 1. The Hall–Kier alpha value is -2.47. The number of benzene rings is 1. The molecule has 0 aliphatic carbocycles. The normalized spacial score (nSPS) is 10.1. The highest BCUT2D eigenvalue weighted by molar-refractivity contribution is 6.30. The number of aromatic nitrogens is 1. The van der Waals surface area contributed by atoms with Crippen LogP contribution in [0, 0.1) is 6.92 Å². The molecular formula is C15H11B2ClN2O4. The summed E-state index contributed by atoms with van der Waals surface area (Å²) in [6.07, 6.45) is 1.48. The predicted octanol–water partition coefficient (Wildman–Crippen LogP) is 1.53. The van der Waals surface area contributed by atoms with Gasteiger partial charge in [-0.3, -0.25) is 9.59 Å². The average Bonchev–Trinajstić information content (AvgIpc) is 2.60. The second kappa shape index (κ2) is 7.88. The van der Waals surface area contributed by atoms with Gasteiger partial charge in [0.2, 0.25) is 0 Å². The smallest absolute Gasteiger partial charge is 0.378 e. The van der Waals surface area contributed by atoms with Gasteiger partial charge in [0.05, 0.1) is 0 Å². The number of aryl methyl sites for hydroxylation is 1. The summed E-state index contributed by atoms with van der Waals surface area (Å²) in [6, 6.07) is 6.96. The van der Waals surface area contributed by atoms with Crippen LogP contribution in [0.1, 0.15) is 16.1 Å². The maximum absolute atomic E-state index is 12.0. The molecule has 0 fully saturated rings. The SMILES string of the molecule is [B]OC(=O)CNC(=O)c1ncc(-c2cc(Cl)ccc2C)cc1O[B]. The Morgan fingerprint density at radius 2 is 2.04 bits per heavy atom. The molecule has 6 nitrogen and oxygen atoms in total. The molecule has 0 spiro atoms. The molecule has 0 saturated carbocycles. The van der Waals surface area contributed by atoms with Gasteiger partial charge in [-0.05, 0) is 36.2 Å². The van der Waals surface area contributed by atoms with E-state index in [4.69, 9.17) is 32.4 Å². The van der Waals surface area contributed by atoms with Crippen molar-refractivity contribution in [3.8, 4) is 16.9 Å². The van der Waals surface area contributed by atoms with Crippen LogP contribution in [0.25, 0.3) is 11.1 Å². The summed E-state index contributed by atoms with van der Waals surface area (Å²) >= 11 is 6.01. The molecule has 2 rings (SSSR count). The zero-order chi connectivity index (χ0) is 17.7. The fraction of sp³-hybridized carbons (Fsp3) is 0.133. The molecule has 0 saturated heterocycles. The standard InChI is InChI=1S/C15H11B2ClN2O4/c1-8-2-3-10(18)5-11(8)9-4-12(23-16)14(19-6-9)15(22)20-7-13(21)24-17/h2-6H,7H2,1H3,(H,20,22). The Balaban J connectivity index is 2.32. The van der Waals surface area contributed by atoms with E-state index in [1.807, 2.05) is 13.0 Å². The number of hydrogen-bond donors (Lipinski definition) is 1. The summed E-state index contributed by atoms with van der Waals surface area (Å²) < 4.78 is 8.69. The highest BCUT2D eigenvalue weighted by atomic mass is 35.5. The summed E-state index contributed by atoms with van der Waals surface area (Å²) in [6.45, 7) is 1.50. The molecule has 4 radical (unpaired) electrons. The quantitative estimate of drug-likeness (QED) is 0.835. The van der Waals surface area contributed by atoms with Crippen molar-refractivity contribution in [2.75, 3.05) is 6.54 Å². The van der Waals surface area contributed by atoms with E-state index in [0.717, 1.165) is 11.1 Å². The molecule has 0 atom stereocenters. The molecule has 2 aromatic rings. The third-order valence-electron chi connectivity index (χ3n) is 3.23. The number of pyridine rings is 1. The lowest BCUT2D eigenvalue weighted by Crippen LogP contribution is -2.31. The van der Waals surface area contributed by atoms with Crippen LogP contribution < -0.4 is 9.97 Å². The van der Waals surface area contributed by atoms with Gasteiger partial charge in [-0.2, -0.15) is 0 Å². The van der Waals surface area contributed by atoms with E-state index in [0.29, 0.717) is 10.6 Å². The topological polar surface area (TPSA) is 77.5 Å². The Kier molecular flexibility index (Phi) is 5.87. The van der Waals surface area contributed by atoms with Gasteiger partial charge in [-0.15, -0.1) is 0 Å². The van der Waals surface area contributed by atoms with Gasteiger partial charge in [0, 0.05) is 16.8 Å². The number of amides is 1. The van der Waals surface area contributed by atoms with Crippen LogP contribution in [0.5, 0.6) is 5.75 Å². The lowest BCUT2D eigenvalue weighted by Gasteiger charge is -2.12. The zero-order valence-corrected chi connectivity index (χ0v) is 13.5. The molecule has 0 aliphatic heterocycles. The lowest BCUT2D eigenvalue weighted by molar-refractivity contribution is -0.132. The number of halogens is 1. The van der Waals surface area contributed by atoms with E-state index in [1.165, 1.54) is 6.20 Å². The fourth-order valence-corrected chi connectivity index (χ4v) is 2.21. The number of rotatable bonds is 5. The Morgan fingerprint density at radius 3 is 2.71 bits per heavy atom. The van der Waals surface area contributed by atoms with E-state index in [1.54, 1.807) is 18.2 Å². The minimum atomic E-state index is -0.801. The van der Waals surface area contributed by atoms with Crippen LogP contribution in [-0.4, -0.2) is 39.5 Å². The van der Waals surface area contributed by atoms with E-state index >= 15 is 0 Å². The van der Waals surface area contributed by atoms with Crippen molar-refractivity contribution in [1.82, 2.24) is 10.3 Å². The first kappa shape index (κ1) is 17.9. The largest absolute Gasteiger partial charge is 0.566 e. The summed E-state index contributed by atoms with van der Waals surface area (Å²) in [5.41, 5.74) is 2.39. The average molecular weight is 340 g/mol. The third kappa shape index (κ3) is 4.08. The van der Waals surface area contributed by atoms with Gasteiger partial charge in [-0.1, -0.05) is 17.7 Å². The van der Waals surface area contributed by atoms with Crippen molar-refractivity contribution < 1.29 is 18.9 Å². The highest BCUT2D eigenvalue weighted by Gasteiger charge is 2.16. The Labute approximate surface area is 146 Å².